The van der Waals surface area contributed by atoms with Crippen LogP contribution in [0, 0.1) is 0 Å². The van der Waals surface area contributed by atoms with E-state index in [0.29, 0.717) is 0 Å². The minimum atomic E-state index is -4.49. The van der Waals surface area contributed by atoms with Gasteiger partial charge in [0.05, 0.1) is 0 Å². The van der Waals surface area contributed by atoms with E-state index in [4.69, 9.17) is 11.6 Å². The normalized spacial score (nSPS) is 19.3. The lowest BCUT2D eigenvalue weighted by atomic mass is 10.2. The lowest BCUT2D eigenvalue weighted by molar-refractivity contribution is -0.192. The van der Waals surface area contributed by atoms with Crippen LogP contribution in [-0.2, 0) is 0 Å². The van der Waals surface area contributed by atoms with Crippen molar-refractivity contribution in [1.82, 2.24) is 0 Å². The average molecular weight is 606 g/mol. The number of hydrogen-bond donors (Lipinski definition) is 0. The Morgan fingerprint density at radius 2 is 1.14 bits per heavy atom. The number of hydrogen-bond acceptors (Lipinski definition) is 0. The van der Waals surface area contributed by atoms with Gasteiger partial charge in [0.25, 0.3) is 0 Å². The van der Waals surface area contributed by atoms with Crippen LogP contribution < -0.4 is 0 Å². The molecule has 0 amide bonds. The van der Waals surface area contributed by atoms with Crippen molar-refractivity contribution in [2.75, 3.05) is 0 Å². The van der Waals surface area contributed by atoms with Crippen molar-refractivity contribution >= 4 is 97.9 Å². The SMILES string of the molecule is FC(F)(C(Br)(Br)Br)C(F)(F)C(Cl)(Br)I. The number of alkyl halides is 10. The fourth-order valence-electron chi connectivity index (χ4n) is 0.356. The Morgan fingerprint density at radius 1 is 0.857 bits per heavy atom. The second-order valence-electron chi connectivity index (χ2n) is 2.14. The molecule has 86 valence electrons. The van der Waals surface area contributed by atoms with Gasteiger partial charge in [0, 0.05) is 0 Å². The summed E-state index contributed by atoms with van der Waals surface area (Å²) in [6.45, 7) is 0. The van der Waals surface area contributed by atoms with Crippen LogP contribution in [0.2, 0.25) is 0 Å². The topological polar surface area (TPSA) is 0 Å². The standard InChI is InChI=1S/C4Br4ClF4I/c5-3(6,7)1(10,11)2(12,13)4(8,9)14. The predicted molar refractivity (Wildman–Crippen MR) is 70.9 cm³/mol. The second-order valence-corrected chi connectivity index (χ2v) is 14.9. The van der Waals surface area contributed by atoms with E-state index in [1.165, 1.54) is 0 Å². The molecule has 0 spiro atoms. The summed E-state index contributed by atoms with van der Waals surface area (Å²) < 4.78 is 47.7. The smallest absolute Gasteiger partial charge is 0.196 e. The highest BCUT2D eigenvalue weighted by Gasteiger charge is 2.73. The summed E-state index contributed by atoms with van der Waals surface area (Å²) in [5.41, 5.74) is 0. The molecular formula is C4Br4ClF4I. The molecule has 0 saturated carbocycles. The summed E-state index contributed by atoms with van der Waals surface area (Å²) in [6, 6.07) is 0. The maximum atomic E-state index is 13.2. The Hall–Kier alpha value is 2.66. The van der Waals surface area contributed by atoms with Gasteiger partial charge in [0.1, 0.15) is 0 Å². The molecule has 0 aromatic rings. The molecule has 0 radical (unpaired) electrons. The highest BCUT2D eigenvalue weighted by atomic mass is 127. The summed E-state index contributed by atoms with van der Waals surface area (Å²) in [5, 5.41) is 0. The highest BCUT2D eigenvalue weighted by molar-refractivity contribution is 14.1. The van der Waals surface area contributed by atoms with Crippen LogP contribution in [0.4, 0.5) is 17.6 Å². The Morgan fingerprint density at radius 3 is 1.21 bits per heavy atom. The molecule has 0 bridgehead atoms. The van der Waals surface area contributed by atoms with E-state index in [1.807, 2.05) is 0 Å². The molecule has 0 aliphatic carbocycles. The molecule has 0 aliphatic rings. The van der Waals surface area contributed by atoms with E-state index < -0.39 is 15.8 Å². The first kappa shape index (κ1) is 16.7. The van der Waals surface area contributed by atoms with E-state index >= 15 is 0 Å². The van der Waals surface area contributed by atoms with Gasteiger partial charge < -0.3 is 0 Å². The number of rotatable bonds is 2. The molecule has 0 fully saturated rings. The van der Waals surface area contributed by atoms with Crippen LogP contribution in [0.5, 0.6) is 0 Å². The second kappa shape index (κ2) is 4.74. The fourth-order valence-corrected chi connectivity index (χ4v) is 1.81. The van der Waals surface area contributed by atoms with Crippen LogP contribution in [0.1, 0.15) is 0 Å². The van der Waals surface area contributed by atoms with Gasteiger partial charge in [-0.05, 0) is 38.5 Å². The van der Waals surface area contributed by atoms with Gasteiger partial charge in [-0.25, -0.2) is 0 Å². The maximum Gasteiger partial charge on any atom is 0.350 e. The zero-order valence-corrected chi connectivity index (χ0v) is 15.0. The number of halogens is 10. The molecule has 0 saturated heterocycles. The summed E-state index contributed by atoms with van der Waals surface area (Å²) >= 11 is 15.4. The van der Waals surface area contributed by atoms with Crippen LogP contribution in [-0.4, -0.2) is 15.8 Å². The molecule has 14 heavy (non-hydrogen) atoms. The van der Waals surface area contributed by atoms with Crippen molar-refractivity contribution in [1.29, 1.82) is 0 Å². The van der Waals surface area contributed by atoms with Crippen LogP contribution in [0.15, 0.2) is 0 Å². The molecule has 0 rings (SSSR count). The first-order valence-corrected chi connectivity index (χ1v) is 7.27. The van der Waals surface area contributed by atoms with Gasteiger partial charge in [-0.1, -0.05) is 59.4 Å². The minimum absolute atomic E-state index is 0.974. The van der Waals surface area contributed by atoms with Gasteiger partial charge in [0.15, 0.2) is 0 Å². The minimum Gasteiger partial charge on any atom is -0.196 e. The molecule has 1 atom stereocenters. The third-order valence-corrected chi connectivity index (χ3v) is 4.01. The summed E-state index contributed by atoms with van der Waals surface area (Å²) in [5.74, 6) is -8.94. The Kier molecular flexibility index (Phi) is 5.63. The molecule has 0 N–H and O–H groups in total. The zero-order valence-electron chi connectivity index (χ0n) is 5.78. The lowest BCUT2D eigenvalue weighted by Crippen LogP contribution is -2.56. The van der Waals surface area contributed by atoms with Crippen molar-refractivity contribution in [2.24, 2.45) is 0 Å². The van der Waals surface area contributed by atoms with Crippen molar-refractivity contribution < 1.29 is 17.6 Å². The monoisotopic (exact) mass is 602 g/mol. The zero-order chi connectivity index (χ0) is 12.0. The van der Waals surface area contributed by atoms with Gasteiger partial charge in [-0.3, -0.25) is 0 Å². The van der Waals surface area contributed by atoms with Crippen molar-refractivity contribution in [3.8, 4) is 0 Å². The lowest BCUT2D eigenvalue weighted by Gasteiger charge is -2.36. The van der Waals surface area contributed by atoms with Crippen LogP contribution in [0.25, 0.3) is 0 Å². The molecule has 1 unspecified atom stereocenters. The molecule has 10 heteroatoms. The molecule has 0 aromatic carbocycles. The van der Waals surface area contributed by atoms with Crippen molar-refractivity contribution in [3.05, 3.63) is 0 Å². The van der Waals surface area contributed by atoms with E-state index in [9.17, 15) is 17.6 Å². The quantitative estimate of drug-likeness (QED) is 0.212. The first-order valence-electron chi connectivity index (χ1n) is 2.64. The maximum absolute atomic E-state index is 13.2. The van der Waals surface area contributed by atoms with Crippen molar-refractivity contribution in [2.45, 2.75) is 15.8 Å². The Labute approximate surface area is 130 Å². The van der Waals surface area contributed by atoms with E-state index in [0.717, 1.165) is 22.6 Å². The van der Waals surface area contributed by atoms with Gasteiger partial charge in [-0.2, -0.15) is 17.6 Å². The summed E-state index contributed by atoms with van der Waals surface area (Å²) in [7, 11) is 0. The predicted octanol–water partition coefficient (Wildman–Crippen LogP) is 5.82. The molecule has 0 aromatic heterocycles. The molecule has 0 heterocycles. The molecule has 0 aliphatic heterocycles. The molecule has 0 nitrogen and oxygen atoms in total. The van der Waals surface area contributed by atoms with Gasteiger partial charge in [-0.15, -0.1) is 0 Å². The first-order chi connectivity index (χ1) is 5.75. The Bertz CT molecular complexity index is 198. The third kappa shape index (κ3) is 3.11. The third-order valence-electron chi connectivity index (χ3n) is 1.11. The van der Waals surface area contributed by atoms with Crippen molar-refractivity contribution in [3.63, 3.8) is 0 Å². The van der Waals surface area contributed by atoms with Crippen LogP contribution >= 0.6 is 97.9 Å². The van der Waals surface area contributed by atoms with E-state index in [1.54, 1.807) is 0 Å². The van der Waals surface area contributed by atoms with Gasteiger partial charge >= 0.3 is 11.8 Å². The Balaban J connectivity index is 5.30. The average Bonchev–Trinajstić information content (AvgIpc) is 1.81. The highest BCUT2D eigenvalue weighted by Crippen LogP contribution is 2.61. The van der Waals surface area contributed by atoms with E-state index in [-0.39, 0.29) is 0 Å². The van der Waals surface area contributed by atoms with Gasteiger partial charge in [0.2, 0.25) is 3.93 Å². The fraction of sp³-hybridized carbons (Fsp3) is 1.00. The molecular weight excluding hydrogens is 606 g/mol. The van der Waals surface area contributed by atoms with E-state index in [2.05, 4.69) is 63.7 Å². The summed E-state index contributed by atoms with van der Waals surface area (Å²) in [6.07, 6.45) is 0. The van der Waals surface area contributed by atoms with Crippen LogP contribution in [0.3, 0.4) is 0 Å². The summed E-state index contributed by atoms with van der Waals surface area (Å²) in [4.78, 5) is 0. The largest absolute Gasteiger partial charge is 0.350 e.